The number of carbonyl (C=O) groups is 1. The Morgan fingerprint density at radius 1 is 1.24 bits per heavy atom. The Bertz CT molecular complexity index is 405. The number of halogens is 1. The van der Waals surface area contributed by atoms with Crippen LogP contribution in [-0.2, 0) is 0 Å². The lowest BCUT2D eigenvalue weighted by atomic mass is 10.1. The van der Waals surface area contributed by atoms with Gasteiger partial charge in [-0.15, -0.1) is 0 Å². The molecule has 0 fully saturated rings. The second kappa shape index (κ2) is 6.18. The highest BCUT2D eigenvalue weighted by Gasteiger charge is 2.08. The molecule has 0 heterocycles. The third-order valence-electron chi connectivity index (χ3n) is 2.65. The van der Waals surface area contributed by atoms with E-state index in [0.717, 1.165) is 13.1 Å². The Balaban J connectivity index is 2.86. The van der Waals surface area contributed by atoms with E-state index in [2.05, 4.69) is 4.90 Å². The first-order chi connectivity index (χ1) is 8.08. The van der Waals surface area contributed by atoms with E-state index in [1.165, 1.54) is 24.3 Å². The maximum atomic E-state index is 12.7. The summed E-state index contributed by atoms with van der Waals surface area (Å²) in [6.07, 6.45) is 1.85. The minimum absolute atomic E-state index is 0.0584. The van der Waals surface area contributed by atoms with Gasteiger partial charge in [0.15, 0.2) is 5.78 Å². The molecule has 0 aliphatic carbocycles. The largest absolute Gasteiger partial charge is 0.378 e. The first-order valence-electron chi connectivity index (χ1n) is 5.81. The molecule has 0 unspecified atom stereocenters. The van der Waals surface area contributed by atoms with Crippen molar-refractivity contribution in [2.45, 2.75) is 20.8 Å². The van der Waals surface area contributed by atoms with Crippen molar-refractivity contribution in [3.63, 3.8) is 0 Å². The van der Waals surface area contributed by atoms with Crippen molar-refractivity contribution in [2.75, 3.05) is 13.1 Å². The Morgan fingerprint density at radius 3 is 2.24 bits per heavy atom. The molecule has 0 saturated heterocycles. The van der Waals surface area contributed by atoms with Crippen LogP contribution in [0.3, 0.4) is 0 Å². The molecule has 0 radical (unpaired) electrons. The van der Waals surface area contributed by atoms with Crippen LogP contribution in [0.5, 0.6) is 0 Å². The van der Waals surface area contributed by atoms with E-state index in [9.17, 15) is 9.18 Å². The van der Waals surface area contributed by atoms with Crippen LogP contribution in [0.1, 0.15) is 31.1 Å². The number of allylic oxidation sites excluding steroid dienone is 1. The zero-order valence-corrected chi connectivity index (χ0v) is 10.5. The predicted octanol–water partition coefficient (Wildman–Crippen LogP) is 3.25. The second-order valence-electron chi connectivity index (χ2n) is 3.87. The molecule has 1 rings (SSSR count). The molecule has 2 nitrogen and oxygen atoms in total. The standard InChI is InChI=1S/C14H18FNO/c1-4-16(5-2)10-11(3)14(17)12-6-8-13(15)9-7-12/h6-10H,4-5H2,1-3H3. The van der Waals surface area contributed by atoms with Gasteiger partial charge in [-0.1, -0.05) is 0 Å². The van der Waals surface area contributed by atoms with Crippen LogP contribution in [0.15, 0.2) is 36.0 Å². The lowest BCUT2D eigenvalue weighted by molar-refractivity contribution is 0.103. The number of Topliss-reactive ketones (excluding diaryl/α,β-unsaturated/α-hetero) is 1. The van der Waals surface area contributed by atoms with Gasteiger partial charge in [0.1, 0.15) is 5.82 Å². The van der Waals surface area contributed by atoms with Gasteiger partial charge < -0.3 is 4.90 Å². The Hall–Kier alpha value is -1.64. The van der Waals surface area contributed by atoms with Gasteiger partial charge in [0, 0.05) is 30.4 Å². The number of nitrogens with zero attached hydrogens (tertiary/aromatic N) is 1. The first-order valence-corrected chi connectivity index (χ1v) is 5.81. The normalized spacial score (nSPS) is 11.4. The van der Waals surface area contributed by atoms with E-state index in [4.69, 9.17) is 0 Å². The van der Waals surface area contributed by atoms with Gasteiger partial charge in [0.2, 0.25) is 0 Å². The highest BCUT2D eigenvalue weighted by atomic mass is 19.1. The van der Waals surface area contributed by atoms with Crippen LogP contribution in [0, 0.1) is 5.82 Å². The van der Waals surface area contributed by atoms with Crippen molar-refractivity contribution in [1.29, 1.82) is 0 Å². The second-order valence-corrected chi connectivity index (χ2v) is 3.87. The molecular formula is C14H18FNO. The molecule has 0 aliphatic rings. The Kier molecular flexibility index (Phi) is 4.88. The molecule has 0 spiro atoms. The number of carbonyl (C=O) groups excluding carboxylic acids is 1. The average molecular weight is 235 g/mol. The predicted molar refractivity (Wildman–Crippen MR) is 67.4 cm³/mol. The molecule has 0 amide bonds. The smallest absolute Gasteiger partial charge is 0.190 e. The van der Waals surface area contributed by atoms with Crippen molar-refractivity contribution in [2.24, 2.45) is 0 Å². The van der Waals surface area contributed by atoms with Crippen LogP contribution in [0.4, 0.5) is 4.39 Å². The molecule has 0 aromatic heterocycles. The fourth-order valence-electron chi connectivity index (χ4n) is 1.57. The molecule has 0 aliphatic heterocycles. The van der Waals surface area contributed by atoms with Gasteiger partial charge in [0.25, 0.3) is 0 Å². The van der Waals surface area contributed by atoms with Crippen LogP contribution >= 0.6 is 0 Å². The maximum Gasteiger partial charge on any atom is 0.190 e. The van der Waals surface area contributed by atoms with Crippen LogP contribution in [-0.4, -0.2) is 23.8 Å². The molecule has 0 bridgehead atoms. The summed E-state index contributed by atoms with van der Waals surface area (Å²) in [5, 5.41) is 0. The summed E-state index contributed by atoms with van der Waals surface area (Å²) in [6.45, 7) is 7.59. The summed E-state index contributed by atoms with van der Waals surface area (Å²) in [5.41, 5.74) is 1.19. The lowest BCUT2D eigenvalue weighted by Gasteiger charge is -2.16. The highest BCUT2D eigenvalue weighted by molar-refractivity contribution is 6.08. The van der Waals surface area contributed by atoms with Gasteiger partial charge in [-0.3, -0.25) is 4.79 Å². The summed E-state index contributed by atoms with van der Waals surface area (Å²) >= 11 is 0. The molecule has 0 atom stereocenters. The number of benzene rings is 1. The monoisotopic (exact) mass is 235 g/mol. The molecule has 92 valence electrons. The maximum absolute atomic E-state index is 12.7. The number of hydrogen-bond donors (Lipinski definition) is 0. The summed E-state index contributed by atoms with van der Waals surface area (Å²) in [4.78, 5) is 14.1. The summed E-state index contributed by atoms with van der Waals surface area (Å²) in [5.74, 6) is -0.385. The van der Waals surface area contributed by atoms with E-state index in [1.54, 1.807) is 6.92 Å². The summed E-state index contributed by atoms with van der Waals surface area (Å²) in [7, 11) is 0. The topological polar surface area (TPSA) is 20.3 Å². The van der Waals surface area contributed by atoms with Gasteiger partial charge in [-0.25, -0.2) is 4.39 Å². The molecule has 1 aromatic carbocycles. The number of ketones is 1. The fraction of sp³-hybridized carbons (Fsp3) is 0.357. The highest BCUT2D eigenvalue weighted by Crippen LogP contribution is 2.10. The Morgan fingerprint density at radius 2 is 1.76 bits per heavy atom. The van der Waals surface area contributed by atoms with Crippen molar-refractivity contribution in [3.05, 3.63) is 47.4 Å². The number of hydrogen-bond acceptors (Lipinski definition) is 2. The third-order valence-corrected chi connectivity index (χ3v) is 2.65. The minimum atomic E-state index is -0.327. The van der Waals surface area contributed by atoms with Crippen molar-refractivity contribution in [1.82, 2.24) is 4.90 Å². The molecule has 1 aromatic rings. The van der Waals surface area contributed by atoms with Crippen LogP contribution in [0.25, 0.3) is 0 Å². The van der Waals surface area contributed by atoms with E-state index in [-0.39, 0.29) is 11.6 Å². The first kappa shape index (κ1) is 13.4. The fourth-order valence-corrected chi connectivity index (χ4v) is 1.57. The third kappa shape index (κ3) is 3.70. The van der Waals surface area contributed by atoms with Crippen molar-refractivity contribution >= 4 is 5.78 Å². The molecule has 3 heteroatoms. The van der Waals surface area contributed by atoms with Gasteiger partial charge >= 0.3 is 0 Å². The molecule has 17 heavy (non-hydrogen) atoms. The average Bonchev–Trinajstić information content (AvgIpc) is 2.35. The SMILES string of the molecule is CCN(C=C(C)C(=O)c1ccc(F)cc1)CC. The minimum Gasteiger partial charge on any atom is -0.378 e. The van der Waals surface area contributed by atoms with E-state index in [1.807, 2.05) is 20.0 Å². The zero-order chi connectivity index (χ0) is 12.8. The summed E-state index contributed by atoms with van der Waals surface area (Å²) < 4.78 is 12.7. The van der Waals surface area contributed by atoms with Crippen molar-refractivity contribution < 1.29 is 9.18 Å². The molecule has 0 saturated carbocycles. The molecule has 0 N–H and O–H groups in total. The van der Waals surface area contributed by atoms with E-state index in [0.29, 0.717) is 11.1 Å². The van der Waals surface area contributed by atoms with Gasteiger partial charge in [-0.05, 0) is 45.0 Å². The van der Waals surface area contributed by atoms with Crippen LogP contribution < -0.4 is 0 Å². The Labute approximate surface area is 102 Å². The molecular weight excluding hydrogens is 217 g/mol. The zero-order valence-electron chi connectivity index (χ0n) is 10.5. The lowest BCUT2D eigenvalue weighted by Crippen LogP contribution is -2.17. The number of rotatable bonds is 5. The van der Waals surface area contributed by atoms with Crippen molar-refractivity contribution in [3.8, 4) is 0 Å². The quantitative estimate of drug-likeness (QED) is 0.576. The van der Waals surface area contributed by atoms with Gasteiger partial charge in [0.05, 0.1) is 0 Å². The van der Waals surface area contributed by atoms with Gasteiger partial charge in [-0.2, -0.15) is 0 Å². The summed E-state index contributed by atoms with van der Waals surface area (Å²) in [6, 6.07) is 5.63. The van der Waals surface area contributed by atoms with E-state index >= 15 is 0 Å². The van der Waals surface area contributed by atoms with Crippen LogP contribution in [0.2, 0.25) is 0 Å². The van der Waals surface area contributed by atoms with E-state index < -0.39 is 0 Å².